The summed E-state index contributed by atoms with van der Waals surface area (Å²) in [6, 6.07) is 12.6. The van der Waals surface area contributed by atoms with Gasteiger partial charge in [0.25, 0.3) is 5.91 Å². The zero-order chi connectivity index (χ0) is 19.3. The number of piperazine rings is 1. The van der Waals surface area contributed by atoms with Crippen LogP contribution in [0.3, 0.4) is 0 Å². The van der Waals surface area contributed by atoms with Gasteiger partial charge in [-0.05, 0) is 43.9 Å². The normalized spacial score (nSPS) is 20.3. The lowest BCUT2D eigenvalue weighted by Gasteiger charge is -2.36. The average molecular weight is 380 g/mol. The van der Waals surface area contributed by atoms with E-state index in [2.05, 4.69) is 51.0 Å². The highest BCUT2D eigenvalue weighted by atomic mass is 16.2. The third-order valence-corrected chi connectivity index (χ3v) is 5.91. The summed E-state index contributed by atoms with van der Waals surface area (Å²) in [5.74, 6) is 0.724. The van der Waals surface area contributed by atoms with Gasteiger partial charge in [-0.25, -0.2) is 9.97 Å². The van der Waals surface area contributed by atoms with Crippen LogP contribution in [0.25, 0.3) is 0 Å². The van der Waals surface area contributed by atoms with E-state index in [0.29, 0.717) is 30.8 Å². The molecule has 2 aromatic rings. The van der Waals surface area contributed by atoms with Gasteiger partial charge < -0.3 is 14.7 Å². The molecule has 1 aromatic heterocycles. The maximum atomic E-state index is 13.0. The van der Waals surface area contributed by atoms with Crippen LogP contribution in [0.5, 0.6) is 0 Å². The summed E-state index contributed by atoms with van der Waals surface area (Å²) in [6.45, 7) is 6.31. The fourth-order valence-electron chi connectivity index (χ4n) is 4.26. The molecule has 0 radical (unpaired) electrons. The highest BCUT2D eigenvalue weighted by Gasteiger charge is 2.26. The Bertz CT molecular complexity index is 789. The number of nitrogens with zero attached hydrogens (tertiary/aromatic N) is 5. The van der Waals surface area contributed by atoms with Gasteiger partial charge in [0.05, 0.1) is 0 Å². The summed E-state index contributed by atoms with van der Waals surface area (Å²) in [7, 11) is 0. The highest BCUT2D eigenvalue weighted by molar-refractivity contribution is 5.92. The monoisotopic (exact) mass is 379 g/mol. The molecule has 2 saturated heterocycles. The van der Waals surface area contributed by atoms with Crippen molar-refractivity contribution in [3.05, 3.63) is 48.3 Å². The first-order valence-corrected chi connectivity index (χ1v) is 10.4. The molecule has 148 valence electrons. The Kier molecular flexibility index (Phi) is 5.74. The van der Waals surface area contributed by atoms with E-state index in [-0.39, 0.29) is 5.91 Å². The van der Waals surface area contributed by atoms with Gasteiger partial charge in [0.15, 0.2) is 0 Å². The minimum absolute atomic E-state index is 0.0152. The zero-order valence-electron chi connectivity index (χ0n) is 16.6. The molecule has 2 fully saturated rings. The van der Waals surface area contributed by atoms with E-state index in [4.69, 9.17) is 0 Å². The predicted octanol–water partition coefficient (Wildman–Crippen LogP) is 3.21. The molecule has 6 heteroatoms. The number of amides is 1. The lowest BCUT2D eigenvalue weighted by Crippen LogP contribution is -2.49. The fourth-order valence-corrected chi connectivity index (χ4v) is 4.26. The maximum absolute atomic E-state index is 13.0. The van der Waals surface area contributed by atoms with E-state index in [9.17, 15) is 4.79 Å². The Labute approximate surface area is 167 Å². The maximum Gasteiger partial charge on any atom is 0.272 e. The van der Waals surface area contributed by atoms with Crippen molar-refractivity contribution in [2.24, 2.45) is 0 Å². The number of aromatic nitrogens is 2. The number of carbonyl (C=O) groups excluding carboxylic acids is 1. The van der Waals surface area contributed by atoms with Gasteiger partial charge in [-0.1, -0.05) is 25.1 Å². The van der Waals surface area contributed by atoms with Gasteiger partial charge in [-0.15, -0.1) is 0 Å². The number of carbonyl (C=O) groups is 1. The molecular formula is C22H29N5O. The molecule has 0 spiro atoms. The lowest BCUT2D eigenvalue weighted by molar-refractivity contribution is 0.0740. The van der Waals surface area contributed by atoms with Crippen molar-refractivity contribution in [1.82, 2.24) is 14.9 Å². The Morgan fingerprint density at radius 1 is 1.04 bits per heavy atom. The number of rotatable bonds is 4. The van der Waals surface area contributed by atoms with Crippen LogP contribution in [0, 0.1) is 0 Å². The molecule has 1 amide bonds. The number of piperidine rings is 1. The molecule has 0 N–H and O–H groups in total. The van der Waals surface area contributed by atoms with E-state index in [1.807, 2.05) is 11.0 Å². The molecule has 6 nitrogen and oxygen atoms in total. The van der Waals surface area contributed by atoms with Crippen molar-refractivity contribution in [2.45, 2.75) is 38.6 Å². The standard InChI is InChI=1S/C22H29N5O/c1-2-18-8-6-7-13-27(18)22-23-12-11-20(24-22)21(28)26-16-14-25(15-17-26)19-9-4-3-5-10-19/h3-5,9-12,18H,2,6-8,13-17H2,1H3. The first-order chi connectivity index (χ1) is 13.8. The van der Waals surface area contributed by atoms with Crippen molar-refractivity contribution < 1.29 is 4.79 Å². The van der Waals surface area contributed by atoms with E-state index in [0.717, 1.165) is 26.1 Å². The van der Waals surface area contributed by atoms with Gasteiger partial charge in [0.1, 0.15) is 5.69 Å². The molecule has 1 atom stereocenters. The van der Waals surface area contributed by atoms with E-state index in [1.54, 1.807) is 12.3 Å². The van der Waals surface area contributed by atoms with Crippen LogP contribution in [0.15, 0.2) is 42.6 Å². The number of hydrogen-bond acceptors (Lipinski definition) is 5. The summed E-state index contributed by atoms with van der Waals surface area (Å²) in [5, 5.41) is 0. The predicted molar refractivity (Wildman–Crippen MR) is 112 cm³/mol. The molecule has 2 aliphatic heterocycles. The Morgan fingerprint density at radius 2 is 1.82 bits per heavy atom. The molecule has 1 aromatic carbocycles. The Balaban J connectivity index is 1.43. The van der Waals surface area contributed by atoms with Gasteiger partial charge in [-0.3, -0.25) is 4.79 Å². The summed E-state index contributed by atoms with van der Waals surface area (Å²) < 4.78 is 0. The van der Waals surface area contributed by atoms with Crippen LogP contribution in [0.2, 0.25) is 0 Å². The van der Waals surface area contributed by atoms with Crippen molar-refractivity contribution in [2.75, 3.05) is 42.5 Å². The van der Waals surface area contributed by atoms with Gasteiger partial charge in [-0.2, -0.15) is 0 Å². The summed E-state index contributed by atoms with van der Waals surface area (Å²) in [6.07, 6.45) is 6.43. The molecule has 3 heterocycles. The van der Waals surface area contributed by atoms with Gasteiger partial charge >= 0.3 is 0 Å². The third kappa shape index (κ3) is 3.96. The van der Waals surface area contributed by atoms with Crippen LogP contribution in [-0.2, 0) is 0 Å². The molecule has 28 heavy (non-hydrogen) atoms. The quantitative estimate of drug-likeness (QED) is 0.816. The second kappa shape index (κ2) is 8.59. The molecule has 2 aliphatic rings. The topological polar surface area (TPSA) is 52.6 Å². The van der Waals surface area contributed by atoms with E-state index < -0.39 is 0 Å². The number of para-hydroxylation sites is 1. The van der Waals surface area contributed by atoms with Crippen LogP contribution in [-0.4, -0.2) is 59.5 Å². The minimum Gasteiger partial charge on any atom is -0.368 e. The van der Waals surface area contributed by atoms with Crippen molar-refractivity contribution in [3.8, 4) is 0 Å². The zero-order valence-corrected chi connectivity index (χ0v) is 16.6. The van der Waals surface area contributed by atoms with Crippen molar-refractivity contribution >= 4 is 17.5 Å². The summed E-state index contributed by atoms with van der Waals surface area (Å²) >= 11 is 0. The van der Waals surface area contributed by atoms with Crippen LogP contribution >= 0.6 is 0 Å². The SMILES string of the molecule is CCC1CCCCN1c1nccc(C(=O)N2CCN(c3ccccc3)CC2)n1. The minimum atomic E-state index is 0.0152. The average Bonchev–Trinajstić information content (AvgIpc) is 2.79. The summed E-state index contributed by atoms with van der Waals surface area (Å²) in [5.41, 5.74) is 1.73. The second-order valence-electron chi connectivity index (χ2n) is 7.61. The van der Waals surface area contributed by atoms with Crippen LogP contribution in [0.4, 0.5) is 11.6 Å². The second-order valence-corrected chi connectivity index (χ2v) is 7.61. The first-order valence-electron chi connectivity index (χ1n) is 10.4. The van der Waals surface area contributed by atoms with Crippen LogP contribution in [0.1, 0.15) is 43.1 Å². The fraction of sp³-hybridized carbons (Fsp3) is 0.500. The Hall–Kier alpha value is -2.63. The molecular weight excluding hydrogens is 350 g/mol. The Morgan fingerprint density at radius 3 is 2.57 bits per heavy atom. The van der Waals surface area contributed by atoms with Crippen molar-refractivity contribution in [3.63, 3.8) is 0 Å². The molecule has 4 rings (SSSR count). The van der Waals surface area contributed by atoms with Gasteiger partial charge in [0.2, 0.25) is 5.95 Å². The summed E-state index contributed by atoms with van der Waals surface area (Å²) in [4.78, 5) is 28.7. The largest absolute Gasteiger partial charge is 0.368 e. The molecule has 0 aliphatic carbocycles. The smallest absolute Gasteiger partial charge is 0.272 e. The molecule has 0 bridgehead atoms. The van der Waals surface area contributed by atoms with Crippen molar-refractivity contribution in [1.29, 1.82) is 0 Å². The lowest BCUT2D eigenvalue weighted by atomic mass is 10.0. The first kappa shape index (κ1) is 18.7. The number of hydrogen-bond donors (Lipinski definition) is 0. The molecule has 0 saturated carbocycles. The molecule has 1 unspecified atom stereocenters. The van der Waals surface area contributed by atoms with E-state index in [1.165, 1.54) is 24.9 Å². The van der Waals surface area contributed by atoms with Crippen LogP contribution < -0.4 is 9.80 Å². The number of anilines is 2. The highest BCUT2D eigenvalue weighted by Crippen LogP contribution is 2.24. The van der Waals surface area contributed by atoms with E-state index >= 15 is 0 Å². The third-order valence-electron chi connectivity index (χ3n) is 5.91. The van der Waals surface area contributed by atoms with Gasteiger partial charge in [0, 0.05) is 50.6 Å². The number of benzene rings is 1.